The number of hydrogen-bond acceptors (Lipinski definition) is 4. The number of esters is 1. The van der Waals surface area contributed by atoms with Crippen LogP contribution in [0, 0.1) is 5.92 Å². The van der Waals surface area contributed by atoms with Crippen molar-refractivity contribution in [1.29, 1.82) is 0 Å². The van der Waals surface area contributed by atoms with E-state index in [0.717, 1.165) is 12.8 Å². The summed E-state index contributed by atoms with van der Waals surface area (Å²) in [4.78, 5) is 14.9. The minimum atomic E-state index is -0.0564. The van der Waals surface area contributed by atoms with Crippen LogP contribution in [0.2, 0.25) is 0 Å². The number of piperidine rings is 1. The van der Waals surface area contributed by atoms with E-state index in [1.165, 1.54) is 30.2 Å². The Morgan fingerprint density at radius 1 is 1.17 bits per heavy atom. The molecule has 2 aliphatic rings. The number of carbonyl (C=O) groups excluding carboxylic acids is 1. The molecule has 0 aliphatic carbocycles. The molecule has 0 saturated carbocycles. The summed E-state index contributed by atoms with van der Waals surface area (Å²) in [6.07, 6.45) is 3.34. The van der Waals surface area contributed by atoms with E-state index < -0.39 is 0 Å². The summed E-state index contributed by atoms with van der Waals surface area (Å²) in [5, 5.41) is 4.27. The molecule has 0 spiro atoms. The average molecular weight is 341 g/mol. The van der Waals surface area contributed by atoms with Gasteiger partial charge < -0.3 is 4.74 Å². The molecule has 3 nitrogen and oxygen atoms in total. The van der Waals surface area contributed by atoms with Crippen LogP contribution in [-0.2, 0) is 9.53 Å². The number of rotatable bonds is 3. The fourth-order valence-corrected chi connectivity index (χ4v) is 5.28. The zero-order valence-corrected chi connectivity index (χ0v) is 15.0. The Morgan fingerprint density at radius 2 is 1.96 bits per heavy atom. The lowest BCUT2D eigenvalue weighted by Crippen LogP contribution is -2.49. The number of methoxy groups -OCH3 is 1. The van der Waals surface area contributed by atoms with Gasteiger partial charge in [-0.15, -0.1) is 0 Å². The summed E-state index contributed by atoms with van der Waals surface area (Å²) in [6.45, 7) is 0. The monoisotopic (exact) mass is 341 g/mol. The van der Waals surface area contributed by atoms with E-state index in [-0.39, 0.29) is 17.8 Å². The lowest BCUT2D eigenvalue weighted by molar-refractivity contribution is -0.150. The van der Waals surface area contributed by atoms with E-state index in [1.54, 1.807) is 11.3 Å². The summed E-state index contributed by atoms with van der Waals surface area (Å²) in [5.74, 6) is 0.160. The molecule has 4 heteroatoms. The smallest absolute Gasteiger partial charge is 0.310 e. The normalized spacial score (nSPS) is 29.6. The Hall–Kier alpha value is -1.65. The van der Waals surface area contributed by atoms with Gasteiger partial charge in [-0.3, -0.25) is 9.69 Å². The number of nitrogens with zero attached hydrogens (tertiary/aromatic N) is 1. The van der Waals surface area contributed by atoms with Gasteiger partial charge in [-0.05, 0) is 59.8 Å². The van der Waals surface area contributed by atoms with Gasteiger partial charge in [0.1, 0.15) is 0 Å². The largest absolute Gasteiger partial charge is 0.469 e. The van der Waals surface area contributed by atoms with Crippen LogP contribution < -0.4 is 0 Å². The Bertz CT molecular complexity index is 710. The van der Waals surface area contributed by atoms with E-state index in [4.69, 9.17) is 4.74 Å². The first-order chi connectivity index (χ1) is 11.7. The Morgan fingerprint density at radius 3 is 2.62 bits per heavy atom. The highest BCUT2D eigenvalue weighted by atomic mass is 32.1. The summed E-state index contributed by atoms with van der Waals surface area (Å²) >= 11 is 1.72. The van der Waals surface area contributed by atoms with Crippen molar-refractivity contribution < 1.29 is 9.53 Å². The summed E-state index contributed by atoms with van der Waals surface area (Å²) < 4.78 is 5.16. The third-order valence-electron chi connectivity index (χ3n) is 5.94. The predicted molar refractivity (Wildman–Crippen MR) is 97.2 cm³/mol. The third-order valence-corrected chi connectivity index (χ3v) is 6.62. The molecule has 1 aromatic heterocycles. The molecule has 2 aromatic rings. The second-order valence-corrected chi connectivity index (χ2v) is 7.77. The molecule has 24 heavy (non-hydrogen) atoms. The third kappa shape index (κ3) is 2.58. The van der Waals surface area contributed by atoms with E-state index >= 15 is 0 Å². The molecular formula is C20H23NO2S. The van der Waals surface area contributed by atoms with Gasteiger partial charge in [0.15, 0.2) is 0 Å². The van der Waals surface area contributed by atoms with Crippen LogP contribution in [0.15, 0.2) is 41.1 Å². The molecule has 0 unspecified atom stereocenters. The summed E-state index contributed by atoms with van der Waals surface area (Å²) in [7, 11) is 3.67. The van der Waals surface area contributed by atoms with Gasteiger partial charge in [-0.1, -0.05) is 24.3 Å². The van der Waals surface area contributed by atoms with Crippen molar-refractivity contribution in [1.82, 2.24) is 4.90 Å². The Kier molecular flexibility index (Phi) is 4.19. The Balaban J connectivity index is 1.65. The molecule has 0 amide bonds. The Labute approximate surface area is 147 Å². The van der Waals surface area contributed by atoms with Crippen LogP contribution in [0.5, 0.6) is 0 Å². The van der Waals surface area contributed by atoms with E-state index in [2.05, 4.69) is 53.0 Å². The molecule has 2 fully saturated rings. The van der Waals surface area contributed by atoms with E-state index in [0.29, 0.717) is 12.1 Å². The van der Waals surface area contributed by atoms with Gasteiger partial charge in [0, 0.05) is 18.0 Å². The van der Waals surface area contributed by atoms with Gasteiger partial charge in [0.25, 0.3) is 0 Å². The number of benzene rings is 1. The zero-order chi connectivity index (χ0) is 16.7. The van der Waals surface area contributed by atoms with Crippen LogP contribution in [0.4, 0.5) is 0 Å². The maximum absolute atomic E-state index is 12.5. The maximum atomic E-state index is 12.5. The van der Waals surface area contributed by atoms with Crippen LogP contribution in [0.3, 0.4) is 0 Å². The van der Waals surface area contributed by atoms with Gasteiger partial charge in [-0.2, -0.15) is 11.3 Å². The van der Waals surface area contributed by atoms with Crippen molar-refractivity contribution >= 4 is 17.3 Å². The van der Waals surface area contributed by atoms with Crippen LogP contribution >= 0.6 is 11.3 Å². The lowest BCUT2D eigenvalue weighted by atomic mass is 9.76. The summed E-state index contributed by atoms with van der Waals surface area (Å²) in [5.41, 5.74) is 3.78. The molecule has 2 aliphatic heterocycles. The summed E-state index contributed by atoms with van der Waals surface area (Å²) in [6, 6.07) is 11.8. The molecular weight excluding hydrogens is 318 g/mol. The lowest BCUT2D eigenvalue weighted by Gasteiger charge is -2.41. The van der Waals surface area contributed by atoms with Crippen molar-refractivity contribution in [3.05, 3.63) is 46.7 Å². The zero-order valence-electron chi connectivity index (χ0n) is 14.1. The molecule has 1 aromatic carbocycles. The number of thiophene rings is 1. The van der Waals surface area contributed by atoms with Crippen LogP contribution in [0.1, 0.15) is 30.7 Å². The first-order valence-corrected chi connectivity index (χ1v) is 9.55. The van der Waals surface area contributed by atoms with E-state index in [9.17, 15) is 4.79 Å². The molecule has 4 rings (SSSR count). The van der Waals surface area contributed by atoms with Crippen LogP contribution in [0.25, 0.3) is 11.1 Å². The number of hydrogen-bond donors (Lipinski definition) is 0. The quantitative estimate of drug-likeness (QED) is 0.785. The van der Waals surface area contributed by atoms with Crippen molar-refractivity contribution in [2.24, 2.45) is 5.92 Å². The topological polar surface area (TPSA) is 29.5 Å². The highest BCUT2D eigenvalue weighted by Crippen LogP contribution is 2.46. The fraction of sp³-hybridized carbons (Fsp3) is 0.450. The van der Waals surface area contributed by atoms with Crippen LogP contribution in [-0.4, -0.2) is 37.1 Å². The van der Waals surface area contributed by atoms with Gasteiger partial charge in [-0.25, -0.2) is 0 Å². The molecule has 4 atom stereocenters. The van der Waals surface area contributed by atoms with Gasteiger partial charge in [0.05, 0.1) is 13.0 Å². The van der Waals surface area contributed by atoms with Crippen molar-refractivity contribution in [2.45, 2.75) is 37.3 Å². The molecule has 2 saturated heterocycles. The SMILES string of the molecule is COC(=O)[C@H]1[C@@H](c2ccc(-c3ccsc3)cc2)C[C@@H]2CC[C@H]1N2C. The maximum Gasteiger partial charge on any atom is 0.310 e. The van der Waals surface area contributed by atoms with Crippen molar-refractivity contribution in [3.8, 4) is 11.1 Å². The first-order valence-electron chi connectivity index (χ1n) is 8.61. The standard InChI is InChI=1S/C20H23NO2S/c1-21-16-7-8-18(21)19(20(22)23-2)17(11-16)14-5-3-13(4-6-14)15-9-10-24-12-15/h3-6,9-10,12,16-19H,7-8,11H2,1-2H3/t16-,17+,18+,19-/m0/s1. The number of carbonyl (C=O) groups is 1. The number of fused-ring (bicyclic) bond motifs is 2. The fourth-order valence-electron chi connectivity index (χ4n) is 4.62. The highest BCUT2D eigenvalue weighted by molar-refractivity contribution is 7.08. The molecule has 0 N–H and O–H groups in total. The van der Waals surface area contributed by atoms with Crippen molar-refractivity contribution in [2.75, 3.05) is 14.2 Å². The molecule has 3 heterocycles. The van der Waals surface area contributed by atoms with Gasteiger partial charge >= 0.3 is 5.97 Å². The first kappa shape index (κ1) is 15.9. The average Bonchev–Trinajstić information content (AvgIpc) is 3.21. The minimum Gasteiger partial charge on any atom is -0.469 e. The predicted octanol–water partition coefficient (Wildman–Crippen LogP) is 4.15. The minimum absolute atomic E-state index is 0.0502. The molecule has 0 radical (unpaired) electrons. The van der Waals surface area contributed by atoms with E-state index in [1.807, 2.05) is 0 Å². The van der Waals surface area contributed by atoms with Crippen molar-refractivity contribution in [3.63, 3.8) is 0 Å². The highest BCUT2D eigenvalue weighted by Gasteiger charge is 2.49. The molecule has 2 bridgehead atoms. The second kappa shape index (κ2) is 6.34. The second-order valence-electron chi connectivity index (χ2n) is 6.99. The number of ether oxygens (including phenoxy) is 1. The van der Waals surface area contributed by atoms with Gasteiger partial charge in [0.2, 0.25) is 0 Å². The molecule has 126 valence electrons.